The van der Waals surface area contributed by atoms with Gasteiger partial charge in [-0.3, -0.25) is 0 Å². The van der Waals surface area contributed by atoms with E-state index in [2.05, 4.69) is 150 Å². The van der Waals surface area contributed by atoms with E-state index in [1.165, 1.54) is 167 Å². The summed E-state index contributed by atoms with van der Waals surface area (Å²) in [6.45, 7) is 30.5. The van der Waals surface area contributed by atoms with Crippen LogP contribution in [-0.4, -0.2) is 93.2 Å². The van der Waals surface area contributed by atoms with E-state index in [1.807, 2.05) is 0 Å². The fourth-order valence-electron chi connectivity index (χ4n) is 7.37. The Hall–Kier alpha value is -2.77. The van der Waals surface area contributed by atoms with Gasteiger partial charge in [0, 0.05) is 76.5 Å². The van der Waals surface area contributed by atoms with Crippen LogP contribution in [0.3, 0.4) is 0 Å². The third kappa shape index (κ3) is 28.6. The number of aromatic nitrogens is 2. The molecule has 1 aromatic rings. The van der Waals surface area contributed by atoms with Crippen LogP contribution >= 0.6 is 0 Å². The Balaban J connectivity index is 0.000000388. The quantitative estimate of drug-likeness (QED) is 0.0568. The lowest BCUT2D eigenvalue weighted by atomic mass is 10.1. The summed E-state index contributed by atoms with van der Waals surface area (Å²) in [6, 6.07) is 0. The standard InChI is InChI=1S/C14H28N2.C13H26N2.C12H24N2.C11H21N2/c1-3-5-6-7-8-9-10-11-16-13-12-15(4-2)14-16;1-3-5-6-7-8-9-10-15-12-11-14(4-2)13-15;1-3-5-6-7-8-9-14-11-10-13(4-2)12-14;1-3-5-6-7-8-13-10-9-12(4-2)11-13/h12-13H,3-11,14H2,1-2H3;11-12H,3-10,13H2,1-2H3;10-11H,3-9,12H2,1-2H3;9-11H,3-8H2,1-2H3/q;;;+1. The second kappa shape index (κ2) is 38.4. The average Bonchev–Trinajstić information content (AvgIpc) is 4.09. The molecule has 4 rings (SSSR count). The van der Waals surface area contributed by atoms with Crippen molar-refractivity contribution in [3.8, 4) is 0 Å². The van der Waals surface area contributed by atoms with E-state index >= 15 is 0 Å². The Morgan fingerprint density at radius 3 is 0.931 bits per heavy atom. The van der Waals surface area contributed by atoms with E-state index in [-0.39, 0.29) is 0 Å². The predicted molar refractivity (Wildman–Crippen MR) is 254 cm³/mol. The number of nitrogens with zero attached hydrogens (tertiary/aromatic N) is 8. The summed E-state index contributed by atoms with van der Waals surface area (Å²) in [7, 11) is 0. The van der Waals surface area contributed by atoms with Gasteiger partial charge in [-0.1, -0.05) is 137 Å². The summed E-state index contributed by atoms with van der Waals surface area (Å²) < 4.78 is 4.49. The van der Waals surface area contributed by atoms with Gasteiger partial charge >= 0.3 is 0 Å². The Bertz CT molecular complexity index is 1100. The number of imidazole rings is 1. The normalized spacial score (nSPS) is 14.3. The number of hydrogen-bond acceptors (Lipinski definition) is 6. The molecule has 8 nitrogen and oxygen atoms in total. The molecule has 0 fully saturated rings. The molecule has 0 aromatic carbocycles. The van der Waals surface area contributed by atoms with Crippen molar-refractivity contribution < 1.29 is 4.57 Å². The molecule has 0 N–H and O–H groups in total. The fourth-order valence-corrected chi connectivity index (χ4v) is 7.37. The van der Waals surface area contributed by atoms with Crippen LogP contribution in [0.15, 0.2) is 55.9 Å². The Morgan fingerprint density at radius 1 is 0.345 bits per heavy atom. The molecule has 0 unspecified atom stereocenters. The molecule has 3 aliphatic heterocycles. The van der Waals surface area contributed by atoms with Gasteiger partial charge in [-0.25, -0.2) is 9.13 Å². The Morgan fingerprint density at radius 2 is 0.638 bits per heavy atom. The van der Waals surface area contributed by atoms with E-state index in [4.69, 9.17) is 0 Å². The van der Waals surface area contributed by atoms with E-state index in [1.54, 1.807) is 0 Å². The van der Waals surface area contributed by atoms with Crippen LogP contribution in [0.1, 0.15) is 197 Å². The van der Waals surface area contributed by atoms with Crippen molar-refractivity contribution in [2.45, 2.75) is 210 Å². The molecule has 0 amide bonds. The average molecular weight is 812 g/mol. The maximum atomic E-state index is 2.43. The molecule has 0 bridgehead atoms. The van der Waals surface area contributed by atoms with Gasteiger partial charge in [0.2, 0.25) is 6.33 Å². The van der Waals surface area contributed by atoms with E-state index in [0.717, 1.165) is 46.2 Å². The van der Waals surface area contributed by atoms with Gasteiger partial charge in [-0.2, -0.15) is 0 Å². The third-order valence-corrected chi connectivity index (χ3v) is 11.6. The molecule has 0 saturated heterocycles. The molecule has 0 aliphatic carbocycles. The summed E-state index contributed by atoms with van der Waals surface area (Å²) >= 11 is 0. The van der Waals surface area contributed by atoms with Crippen molar-refractivity contribution in [1.82, 2.24) is 34.0 Å². The van der Waals surface area contributed by atoms with Gasteiger partial charge in [0.1, 0.15) is 12.4 Å². The molecular formula is C50H99N8+. The maximum Gasteiger partial charge on any atom is 0.243 e. The SMILES string of the molecule is CCCCCCCCCN1C=CN(CC)C1.CCCCCCCCN1C=CN(CC)C1.CCCCCCCN1C=CN(CC)C1.CCCCCCn1cc[n+](CC)c1. The van der Waals surface area contributed by atoms with Crippen LogP contribution in [0, 0.1) is 0 Å². The van der Waals surface area contributed by atoms with Gasteiger partial charge in [-0.15, -0.1) is 0 Å². The summed E-state index contributed by atoms with van der Waals surface area (Å²) in [5.41, 5.74) is 0. The molecule has 0 spiro atoms. The van der Waals surface area contributed by atoms with Crippen molar-refractivity contribution >= 4 is 0 Å². The lowest BCUT2D eigenvalue weighted by molar-refractivity contribution is -0.693. The first-order chi connectivity index (χ1) is 28.5. The first-order valence-corrected chi connectivity index (χ1v) is 25.0. The Labute approximate surface area is 362 Å². The molecule has 0 radical (unpaired) electrons. The molecule has 0 saturated carbocycles. The van der Waals surface area contributed by atoms with Gasteiger partial charge in [0.15, 0.2) is 0 Å². The predicted octanol–water partition coefficient (Wildman–Crippen LogP) is 12.6. The van der Waals surface area contributed by atoms with E-state index in [0.29, 0.717) is 0 Å². The minimum atomic E-state index is 1.07. The molecule has 3 aliphatic rings. The highest BCUT2D eigenvalue weighted by molar-refractivity contribution is 4.91. The van der Waals surface area contributed by atoms with Crippen LogP contribution in [0.25, 0.3) is 0 Å². The van der Waals surface area contributed by atoms with Crippen LogP contribution in [0.4, 0.5) is 0 Å². The number of hydrogen-bond donors (Lipinski definition) is 0. The fraction of sp³-hybridized carbons (Fsp3) is 0.820. The van der Waals surface area contributed by atoms with Crippen molar-refractivity contribution in [1.29, 1.82) is 0 Å². The molecule has 58 heavy (non-hydrogen) atoms. The van der Waals surface area contributed by atoms with Crippen molar-refractivity contribution in [2.75, 3.05) is 59.3 Å². The van der Waals surface area contributed by atoms with Gasteiger partial charge in [0.05, 0.1) is 33.1 Å². The third-order valence-electron chi connectivity index (χ3n) is 11.6. The van der Waals surface area contributed by atoms with Crippen LogP contribution in [0.5, 0.6) is 0 Å². The summed E-state index contributed by atoms with van der Waals surface area (Å²) in [5.74, 6) is 0. The number of unbranched alkanes of at least 4 members (excludes halogenated alkanes) is 18. The highest BCUT2D eigenvalue weighted by Crippen LogP contribution is 2.12. The van der Waals surface area contributed by atoms with Crippen molar-refractivity contribution in [2.24, 2.45) is 0 Å². The van der Waals surface area contributed by atoms with Crippen LogP contribution in [0.2, 0.25) is 0 Å². The van der Waals surface area contributed by atoms with Gasteiger partial charge in [-0.05, 0) is 59.8 Å². The van der Waals surface area contributed by atoms with Crippen LogP contribution < -0.4 is 4.57 Å². The summed E-state index contributed by atoms with van der Waals surface area (Å²) in [4.78, 5) is 14.3. The molecule has 4 heterocycles. The molecule has 8 heteroatoms. The molecule has 338 valence electrons. The van der Waals surface area contributed by atoms with E-state index in [9.17, 15) is 0 Å². The first-order valence-electron chi connectivity index (χ1n) is 25.0. The van der Waals surface area contributed by atoms with Crippen molar-refractivity contribution in [3.05, 3.63) is 55.9 Å². The summed E-state index contributed by atoms with van der Waals surface area (Å²) in [5, 5.41) is 0. The second-order valence-corrected chi connectivity index (χ2v) is 16.8. The highest BCUT2D eigenvalue weighted by Gasteiger charge is 2.11. The number of rotatable bonds is 30. The smallest absolute Gasteiger partial charge is 0.243 e. The largest absolute Gasteiger partial charge is 0.359 e. The Kier molecular flexibility index (Phi) is 35.3. The zero-order valence-corrected chi connectivity index (χ0v) is 40.1. The van der Waals surface area contributed by atoms with Gasteiger partial charge in [0.25, 0.3) is 0 Å². The first kappa shape index (κ1) is 53.2. The monoisotopic (exact) mass is 812 g/mol. The maximum absolute atomic E-state index is 2.43. The molecular weight excluding hydrogens is 713 g/mol. The second-order valence-electron chi connectivity index (χ2n) is 16.8. The lowest BCUT2D eigenvalue weighted by Crippen LogP contribution is -2.28. The zero-order chi connectivity index (χ0) is 42.3. The topological polar surface area (TPSA) is 28.3 Å². The van der Waals surface area contributed by atoms with Crippen molar-refractivity contribution in [3.63, 3.8) is 0 Å². The van der Waals surface area contributed by atoms with Gasteiger partial charge < -0.3 is 29.4 Å². The minimum absolute atomic E-state index is 1.07. The number of aryl methyl sites for hydroxylation is 2. The lowest BCUT2D eigenvalue weighted by Gasteiger charge is -2.19. The highest BCUT2D eigenvalue weighted by atomic mass is 15.3. The summed E-state index contributed by atoms with van der Waals surface area (Å²) in [6.07, 6.45) is 50.2. The minimum Gasteiger partial charge on any atom is -0.359 e. The molecule has 0 atom stereocenters. The van der Waals surface area contributed by atoms with Crippen LogP contribution in [-0.2, 0) is 13.1 Å². The molecule has 1 aromatic heterocycles. The zero-order valence-electron chi connectivity index (χ0n) is 40.1. The van der Waals surface area contributed by atoms with E-state index < -0.39 is 0 Å².